The van der Waals surface area contributed by atoms with Crippen LogP contribution in [0.1, 0.15) is 12.5 Å². The molecule has 0 amide bonds. The Labute approximate surface area is 85.3 Å². The highest BCUT2D eigenvalue weighted by molar-refractivity contribution is 5.47. The maximum Gasteiger partial charge on any atom is 0.0905 e. The summed E-state index contributed by atoms with van der Waals surface area (Å²) >= 11 is 0. The quantitative estimate of drug-likeness (QED) is 0.482. The molecule has 1 nitrogen and oxygen atoms in total. The highest BCUT2D eigenvalue weighted by Crippen LogP contribution is 1.98. The van der Waals surface area contributed by atoms with Crippen LogP contribution in [0, 0.1) is 11.3 Å². The molecule has 0 saturated carbocycles. The third-order valence-electron chi connectivity index (χ3n) is 1.31. The average Bonchev–Trinajstić information content (AvgIpc) is 2.28. The average molecular weight is 183 g/mol. The number of nitriles is 1. The minimum atomic E-state index is 1.18. The largest absolute Gasteiger partial charge is 0.193 e. The third-order valence-corrected chi connectivity index (χ3v) is 1.31. The van der Waals surface area contributed by atoms with E-state index in [9.17, 15) is 0 Å². The molecule has 0 fully saturated rings. The van der Waals surface area contributed by atoms with Gasteiger partial charge < -0.3 is 0 Å². The Bertz CT molecular complexity index is 349. The van der Waals surface area contributed by atoms with Crippen LogP contribution >= 0.6 is 0 Å². The molecule has 0 bridgehead atoms. The first-order valence-corrected chi connectivity index (χ1v) is 4.27. The first-order valence-electron chi connectivity index (χ1n) is 4.27. The van der Waals surface area contributed by atoms with E-state index in [1.807, 2.05) is 37.3 Å². The number of benzene rings is 1. The van der Waals surface area contributed by atoms with Crippen LogP contribution in [-0.2, 0) is 0 Å². The molecule has 0 heterocycles. The Morgan fingerprint density at radius 2 is 1.86 bits per heavy atom. The van der Waals surface area contributed by atoms with Crippen molar-refractivity contribution in [1.29, 1.82) is 5.26 Å². The smallest absolute Gasteiger partial charge is 0.0905 e. The second kappa shape index (κ2) is 9.06. The van der Waals surface area contributed by atoms with Crippen molar-refractivity contribution in [2.24, 2.45) is 0 Å². The van der Waals surface area contributed by atoms with Crippen LogP contribution in [0.2, 0.25) is 0 Å². The van der Waals surface area contributed by atoms with E-state index in [0.29, 0.717) is 0 Å². The van der Waals surface area contributed by atoms with Crippen LogP contribution in [0.3, 0.4) is 0 Å². The highest BCUT2D eigenvalue weighted by Gasteiger charge is 1.77. The normalized spacial score (nSPS) is 6.86. The molecule has 0 aliphatic carbocycles. The Balaban J connectivity index is 0.000000364. The molecule has 0 aromatic heterocycles. The second-order valence-corrected chi connectivity index (χ2v) is 2.34. The summed E-state index contributed by atoms with van der Waals surface area (Å²) in [6, 6.07) is 11.8. The topological polar surface area (TPSA) is 23.8 Å². The predicted octanol–water partition coefficient (Wildman–Crippen LogP) is 3.57. The molecule has 0 aliphatic heterocycles. The van der Waals surface area contributed by atoms with E-state index in [4.69, 9.17) is 5.26 Å². The van der Waals surface area contributed by atoms with E-state index in [-0.39, 0.29) is 0 Å². The molecule has 0 radical (unpaired) electrons. The summed E-state index contributed by atoms with van der Waals surface area (Å²) in [4.78, 5) is 0. The van der Waals surface area contributed by atoms with Crippen LogP contribution in [0.25, 0.3) is 6.08 Å². The Hall–Kier alpha value is -2.03. The van der Waals surface area contributed by atoms with Crippen molar-refractivity contribution in [1.82, 2.24) is 0 Å². The maximum atomic E-state index is 7.51. The monoisotopic (exact) mass is 183 g/mol. The number of allylic oxidation sites excluding steroid dienone is 2. The summed E-state index contributed by atoms with van der Waals surface area (Å²) in [5.74, 6) is 0. The zero-order valence-corrected chi connectivity index (χ0v) is 8.27. The Kier molecular flexibility index (Phi) is 7.75. The zero-order chi connectivity index (χ0) is 10.6. The molecule has 1 heteroatoms. The molecule has 0 atom stereocenters. The molecule has 0 unspecified atom stereocenters. The lowest BCUT2D eigenvalue weighted by atomic mass is 10.2. The maximum absolute atomic E-state index is 7.51. The minimum absolute atomic E-state index is 1.18. The fraction of sp³-hybridized carbons (Fsp3) is 0.0769. The fourth-order valence-electron chi connectivity index (χ4n) is 0.729. The molecule has 0 aliphatic rings. The Morgan fingerprint density at radius 3 is 2.29 bits per heavy atom. The van der Waals surface area contributed by atoms with Crippen molar-refractivity contribution >= 4 is 6.08 Å². The lowest BCUT2D eigenvalue weighted by Crippen LogP contribution is -1.64. The zero-order valence-electron chi connectivity index (χ0n) is 8.27. The summed E-state index contributed by atoms with van der Waals surface area (Å²) in [5.41, 5.74) is 4.21. The van der Waals surface area contributed by atoms with Gasteiger partial charge in [0.1, 0.15) is 0 Å². The van der Waals surface area contributed by atoms with E-state index >= 15 is 0 Å². The minimum Gasteiger partial charge on any atom is -0.193 e. The molecule has 0 saturated heterocycles. The van der Waals surface area contributed by atoms with Gasteiger partial charge in [0.2, 0.25) is 0 Å². The highest BCUT2D eigenvalue weighted by atomic mass is 14.2. The summed E-state index contributed by atoms with van der Waals surface area (Å²) < 4.78 is 0. The van der Waals surface area contributed by atoms with Gasteiger partial charge in [0.05, 0.1) is 6.07 Å². The summed E-state index contributed by atoms with van der Waals surface area (Å²) in [6.45, 7) is 5.08. The van der Waals surface area contributed by atoms with Gasteiger partial charge in [-0.2, -0.15) is 5.26 Å². The van der Waals surface area contributed by atoms with Gasteiger partial charge >= 0.3 is 0 Å². The van der Waals surface area contributed by atoms with Gasteiger partial charge in [-0.1, -0.05) is 36.9 Å². The molecule has 70 valence electrons. The SMILES string of the molecule is C=CC#N.CC=C=Cc1ccccc1. The van der Waals surface area contributed by atoms with Gasteiger partial charge in [0, 0.05) is 6.08 Å². The van der Waals surface area contributed by atoms with Gasteiger partial charge in [0.25, 0.3) is 0 Å². The number of rotatable bonds is 1. The van der Waals surface area contributed by atoms with Crippen LogP contribution in [0.4, 0.5) is 0 Å². The lowest BCUT2D eigenvalue weighted by molar-refractivity contribution is 1.54. The Morgan fingerprint density at radius 1 is 1.29 bits per heavy atom. The second-order valence-electron chi connectivity index (χ2n) is 2.34. The van der Waals surface area contributed by atoms with Crippen molar-refractivity contribution in [2.45, 2.75) is 6.92 Å². The van der Waals surface area contributed by atoms with Crippen molar-refractivity contribution in [3.63, 3.8) is 0 Å². The molecule has 0 spiro atoms. The van der Waals surface area contributed by atoms with Crippen molar-refractivity contribution in [2.75, 3.05) is 0 Å². The van der Waals surface area contributed by atoms with E-state index < -0.39 is 0 Å². The molecule has 1 aromatic carbocycles. The van der Waals surface area contributed by atoms with Gasteiger partial charge in [0.15, 0.2) is 0 Å². The molecule has 1 aromatic rings. The summed E-state index contributed by atoms with van der Waals surface area (Å²) in [5, 5.41) is 7.51. The van der Waals surface area contributed by atoms with Crippen molar-refractivity contribution in [3.8, 4) is 6.07 Å². The molecular weight excluding hydrogens is 170 g/mol. The van der Waals surface area contributed by atoms with Crippen LogP contribution in [-0.4, -0.2) is 0 Å². The molecular formula is C13H13N. The van der Waals surface area contributed by atoms with Crippen LogP contribution in [0.5, 0.6) is 0 Å². The van der Waals surface area contributed by atoms with E-state index in [2.05, 4.69) is 24.4 Å². The number of hydrogen-bond donors (Lipinski definition) is 0. The van der Waals surface area contributed by atoms with Gasteiger partial charge in [-0.15, -0.1) is 5.73 Å². The van der Waals surface area contributed by atoms with Crippen LogP contribution in [0.15, 0.2) is 54.8 Å². The first kappa shape index (κ1) is 12.0. The standard InChI is InChI=1S/C10H10.C3H3N/c1-2-3-7-10-8-5-4-6-9-10;1-2-3-4/h2,4-9H,1H3;2H,1H2. The number of hydrogen-bond acceptors (Lipinski definition) is 1. The van der Waals surface area contributed by atoms with Gasteiger partial charge in [-0.05, 0) is 24.6 Å². The summed E-state index contributed by atoms with van der Waals surface area (Å²) in [6.07, 6.45) is 5.03. The molecule has 0 N–H and O–H groups in total. The first-order chi connectivity index (χ1) is 6.85. The predicted molar refractivity (Wildman–Crippen MR) is 60.5 cm³/mol. The fourth-order valence-corrected chi connectivity index (χ4v) is 0.729. The van der Waals surface area contributed by atoms with E-state index in [1.165, 1.54) is 11.6 Å². The summed E-state index contributed by atoms with van der Waals surface area (Å²) in [7, 11) is 0. The van der Waals surface area contributed by atoms with Crippen molar-refractivity contribution in [3.05, 3.63) is 60.4 Å². The third kappa shape index (κ3) is 6.67. The van der Waals surface area contributed by atoms with Gasteiger partial charge in [-0.25, -0.2) is 0 Å². The van der Waals surface area contributed by atoms with E-state index in [0.717, 1.165) is 0 Å². The van der Waals surface area contributed by atoms with Crippen LogP contribution < -0.4 is 0 Å². The number of nitrogens with zero attached hydrogens (tertiary/aromatic N) is 1. The van der Waals surface area contributed by atoms with Gasteiger partial charge in [-0.3, -0.25) is 0 Å². The lowest BCUT2D eigenvalue weighted by Gasteiger charge is -1.85. The molecule has 1 rings (SSSR count). The van der Waals surface area contributed by atoms with Crippen molar-refractivity contribution < 1.29 is 0 Å². The van der Waals surface area contributed by atoms with E-state index in [1.54, 1.807) is 6.07 Å². The molecule has 14 heavy (non-hydrogen) atoms.